The Labute approximate surface area is 418 Å². The summed E-state index contributed by atoms with van der Waals surface area (Å²) in [5.41, 5.74) is 4.57. The molecule has 398 valence electrons. The van der Waals surface area contributed by atoms with Crippen LogP contribution in [0.3, 0.4) is 0 Å². The Bertz CT molecular complexity index is 2080. The van der Waals surface area contributed by atoms with E-state index in [0.717, 1.165) is 49.3 Å². The fraction of sp³-hybridized carbons (Fsp3) is 0.560. The molecule has 1 aromatic rings. The van der Waals surface area contributed by atoms with Crippen molar-refractivity contribution in [2.24, 2.45) is 0 Å². The predicted molar refractivity (Wildman–Crippen MR) is 271 cm³/mol. The molecule has 1 fully saturated rings. The van der Waals surface area contributed by atoms with Crippen LogP contribution in [0.15, 0.2) is 114 Å². The third-order valence-corrected chi connectivity index (χ3v) is 12.9. The van der Waals surface area contributed by atoms with E-state index < -0.39 is 89.8 Å². The molecule has 2 unspecified atom stereocenters. The number of nitrogens with two attached hydrogens (primary N) is 1. The molecule has 0 radical (unpaired) electrons. The highest BCUT2D eigenvalue weighted by Crippen LogP contribution is 2.60. The number of phosphoric ester groups is 2. The van der Waals surface area contributed by atoms with Crippen molar-refractivity contribution in [1.82, 2.24) is 9.55 Å². The van der Waals surface area contributed by atoms with Gasteiger partial charge in [-0.1, -0.05) is 124 Å². The van der Waals surface area contributed by atoms with Crippen LogP contribution in [0.5, 0.6) is 0 Å². The number of anilines is 1. The predicted octanol–water partition coefficient (Wildman–Crippen LogP) is 8.63. The average molecular weight is 1040 g/mol. The smallest absolute Gasteiger partial charge is 0.462 e. The number of nitrogen functional groups attached to an aromatic ring is 1. The van der Waals surface area contributed by atoms with Gasteiger partial charge >= 0.3 is 33.3 Å². The second kappa shape index (κ2) is 37.4. The first-order valence-corrected chi connectivity index (χ1v) is 27.3. The van der Waals surface area contributed by atoms with Crippen molar-refractivity contribution in [3.8, 4) is 0 Å². The quantitative estimate of drug-likeness (QED) is 0.0119. The summed E-state index contributed by atoms with van der Waals surface area (Å²) in [5.74, 6) is -1.45. The van der Waals surface area contributed by atoms with Crippen molar-refractivity contribution in [3.05, 3.63) is 120 Å². The highest BCUT2D eigenvalue weighted by atomic mass is 31.3. The molecule has 0 aliphatic carbocycles. The molecule has 2 heterocycles. The van der Waals surface area contributed by atoms with Gasteiger partial charge in [-0.15, -0.1) is 0 Å². The van der Waals surface area contributed by atoms with Gasteiger partial charge in [0.15, 0.2) is 12.3 Å². The molecule has 1 saturated heterocycles. The number of phosphoric acid groups is 2. The normalized spacial score (nSPS) is 20.4. The SMILES string of the molecule is CCCCC/C=C\C/C=C\C/C=C\CCCCC(=O)OC[C@H](COP(=O)(O)OP(=O)(O)OC[C@H]1O[C@@H](n2ccc(N)nc2=O)[C@H](O)[C@@H]1O)OC(=O)CCC/C=C\C/C=C\C/C=C\C/C=C\C=C\[C@H](O)CC. The van der Waals surface area contributed by atoms with Gasteiger partial charge in [0, 0.05) is 19.0 Å². The highest BCUT2D eigenvalue weighted by molar-refractivity contribution is 7.61. The zero-order valence-corrected chi connectivity index (χ0v) is 42.9. The number of hydrogen-bond acceptors (Lipinski definition) is 16. The highest BCUT2D eigenvalue weighted by Gasteiger charge is 2.46. The fourth-order valence-corrected chi connectivity index (χ4v) is 8.47. The average Bonchev–Trinajstić information content (AvgIpc) is 3.61. The van der Waals surface area contributed by atoms with Crippen LogP contribution in [0.4, 0.5) is 5.82 Å². The van der Waals surface area contributed by atoms with E-state index in [-0.39, 0.29) is 18.7 Å². The van der Waals surface area contributed by atoms with E-state index >= 15 is 0 Å². The van der Waals surface area contributed by atoms with Crippen molar-refractivity contribution >= 4 is 33.4 Å². The molecule has 7 N–H and O–H groups in total. The summed E-state index contributed by atoms with van der Waals surface area (Å²) in [6.07, 6.45) is 37.4. The first-order chi connectivity index (χ1) is 34.1. The molecule has 0 spiro atoms. The van der Waals surface area contributed by atoms with Crippen LogP contribution in [-0.4, -0.2) is 96.9 Å². The van der Waals surface area contributed by atoms with E-state index in [4.69, 9.17) is 29.0 Å². The number of unbranched alkanes of at least 4 members (excludes halogenated alkanes) is 6. The Balaban J connectivity index is 1.87. The van der Waals surface area contributed by atoms with Gasteiger partial charge in [0.25, 0.3) is 0 Å². The third-order valence-electron chi connectivity index (χ3n) is 10.3. The zero-order chi connectivity index (χ0) is 52.2. The number of carbonyl (C=O) groups is 2. The molecule has 0 bridgehead atoms. The van der Waals surface area contributed by atoms with Crippen molar-refractivity contribution in [2.45, 2.75) is 160 Å². The fourth-order valence-electron chi connectivity index (χ4n) is 6.36. The Morgan fingerprint density at radius 1 is 0.746 bits per heavy atom. The van der Waals surface area contributed by atoms with E-state index in [1.807, 2.05) is 55.5 Å². The topological polar surface area (TPSA) is 286 Å². The Kier molecular flexibility index (Phi) is 33.1. The molecule has 1 aromatic heterocycles. The van der Waals surface area contributed by atoms with Crippen LogP contribution in [0.2, 0.25) is 0 Å². The van der Waals surface area contributed by atoms with E-state index in [1.165, 1.54) is 25.3 Å². The molecule has 2 rings (SSSR count). The lowest BCUT2D eigenvalue weighted by Gasteiger charge is -2.21. The van der Waals surface area contributed by atoms with Gasteiger partial charge in [-0.3, -0.25) is 23.2 Å². The van der Waals surface area contributed by atoms with E-state index in [2.05, 4.69) is 58.8 Å². The van der Waals surface area contributed by atoms with E-state index in [1.54, 1.807) is 6.08 Å². The Morgan fingerprint density at radius 2 is 1.30 bits per heavy atom. The van der Waals surface area contributed by atoms with Crippen LogP contribution in [0.1, 0.15) is 129 Å². The number of carbonyl (C=O) groups excluding carboxylic acids is 2. The van der Waals surface area contributed by atoms with Crippen molar-refractivity contribution in [3.63, 3.8) is 0 Å². The minimum absolute atomic E-state index is 0.0530. The molecule has 0 saturated carbocycles. The number of allylic oxidation sites excluding steroid dienone is 15. The minimum Gasteiger partial charge on any atom is -0.462 e. The molecule has 1 aliphatic heterocycles. The number of ether oxygens (including phenoxy) is 3. The summed E-state index contributed by atoms with van der Waals surface area (Å²) in [6.45, 7) is 1.67. The van der Waals surface area contributed by atoms with Crippen LogP contribution in [0, 0.1) is 0 Å². The van der Waals surface area contributed by atoms with Gasteiger partial charge in [-0.25, -0.2) is 13.9 Å². The van der Waals surface area contributed by atoms with Gasteiger partial charge in [0.1, 0.15) is 30.7 Å². The second-order valence-electron chi connectivity index (χ2n) is 16.4. The Hall–Kier alpha value is -4.36. The Morgan fingerprint density at radius 3 is 1.89 bits per heavy atom. The van der Waals surface area contributed by atoms with Crippen LogP contribution in [-0.2, 0) is 46.3 Å². The lowest BCUT2D eigenvalue weighted by Crippen LogP contribution is -2.36. The third kappa shape index (κ3) is 30.3. The van der Waals surface area contributed by atoms with Gasteiger partial charge in [-0.2, -0.15) is 9.29 Å². The first-order valence-electron chi connectivity index (χ1n) is 24.4. The zero-order valence-electron chi connectivity index (χ0n) is 41.1. The molecule has 21 heteroatoms. The summed E-state index contributed by atoms with van der Waals surface area (Å²) in [7, 11) is -10.9. The second-order valence-corrected chi connectivity index (χ2v) is 19.5. The number of aromatic nitrogens is 2. The summed E-state index contributed by atoms with van der Waals surface area (Å²) < 4.78 is 56.6. The standard InChI is InChI=1S/C50H77N3O16P2/c1-3-5-6-7-8-9-10-11-12-16-19-22-25-28-31-34-45(55)64-38-42(67-46(56)35-32-29-26-23-20-17-14-13-15-18-21-24-27-30-33-41(54)4-2)39-65-70(60,61)69-71(62,63)66-40-43-47(57)48(58)49(68-43)53-37-36-44(51)52-50(53)59/h8-9,11-12,14-15,17-19,22-24,26-27,30,33,36-37,41-43,47-49,54,57-58H,3-7,10,13,16,20-21,25,28-29,31-32,34-35,38-40H2,1-2H3,(H,60,61)(H,62,63)(H2,51,52,59)/b9-8-,12-11-,17-14-,18-15-,22-19-,26-23-,27-24-,33-30+/t41-,42-,43-,47-,48-,49-/m1/s1. The van der Waals surface area contributed by atoms with Crippen LogP contribution < -0.4 is 11.4 Å². The largest absolute Gasteiger partial charge is 0.481 e. The summed E-state index contributed by atoms with van der Waals surface area (Å²) in [6, 6.07) is 1.24. The lowest BCUT2D eigenvalue weighted by atomic mass is 10.1. The van der Waals surface area contributed by atoms with Crippen LogP contribution in [0.25, 0.3) is 0 Å². The molecular weight excluding hydrogens is 961 g/mol. The number of rotatable bonds is 38. The van der Waals surface area contributed by atoms with Crippen LogP contribution >= 0.6 is 15.6 Å². The van der Waals surface area contributed by atoms with Crippen molar-refractivity contribution < 1.29 is 71.4 Å². The van der Waals surface area contributed by atoms with E-state index in [9.17, 15) is 48.6 Å². The minimum atomic E-state index is -5.45. The van der Waals surface area contributed by atoms with Gasteiger partial charge in [-0.05, 0) is 89.5 Å². The number of hydrogen-bond donors (Lipinski definition) is 6. The monoisotopic (exact) mass is 1040 g/mol. The maximum absolute atomic E-state index is 12.8. The molecule has 19 nitrogen and oxygen atoms in total. The molecule has 1 aliphatic rings. The molecule has 0 aromatic carbocycles. The summed E-state index contributed by atoms with van der Waals surface area (Å²) in [5, 5.41) is 30.4. The number of nitrogens with zero attached hydrogens (tertiary/aromatic N) is 2. The van der Waals surface area contributed by atoms with Crippen molar-refractivity contribution in [1.29, 1.82) is 0 Å². The molecule has 8 atom stereocenters. The maximum Gasteiger partial charge on any atom is 0.481 e. The summed E-state index contributed by atoms with van der Waals surface area (Å²) in [4.78, 5) is 61.8. The maximum atomic E-state index is 12.8. The number of esters is 2. The van der Waals surface area contributed by atoms with Crippen molar-refractivity contribution in [2.75, 3.05) is 25.6 Å². The van der Waals surface area contributed by atoms with Gasteiger partial charge in [0.05, 0.1) is 19.3 Å². The molecule has 0 amide bonds. The van der Waals surface area contributed by atoms with Gasteiger partial charge < -0.3 is 45.1 Å². The number of aliphatic hydroxyl groups excluding tert-OH is 3. The van der Waals surface area contributed by atoms with Gasteiger partial charge in [0.2, 0.25) is 0 Å². The molecule has 71 heavy (non-hydrogen) atoms. The first kappa shape index (κ1) is 62.8. The number of aliphatic hydroxyl groups is 3. The van der Waals surface area contributed by atoms with E-state index in [0.29, 0.717) is 38.5 Å². The molecular formula is C50H77N3O16P2. The lowest BCUT2D eigenvalue weighted by molar-refractivity contribution is -0.161. The summed E-state index contributed by atoms with van der Waals surface area (Å²) >= 11 is 0.